The number of nitrogens with two attached hydrogens (primary N) is 2. The summed E-state index contributed by atoms with van der Waals surface area (Å²) in [7, 11) is 6.20. The quantitative estimate of drug-likeness (QED) is 0.751. The molecule has 24 heavy (non-hydrogen) atoms. The van der Waals surface area contributed by atoms with Crippen LogP contribution < -0.4 is 21.3 Å². The Morgan fingerprint density at radius 2 is 1.12 bits per heavy atom. The predicted molar refractivity (Wildman–Crippen MR) is 101 cm³/mol. The maximum Gasteiger partial charge on any atom is 0.128 e. The van der Waals surface area contributed by atoms with Crippen LogP contribution in [0.1, 0.15) is 0 Å². The highest BCUT2D eigenvalue weighted by Crippen LogP contribution is 2.11. The summed E-state index contributed by atoms with van der Waals surface area (Å²) in [5.74, 6) is 1.86. The molecule has 2 aromatic rings. The van der Waals surface area contributed by atoms with Crippen molar-refractivity contribution in [3.8, 4) is 0 Å². The Morgan fingerprint density at radius 1 is 0.708 bits per heavy atom. The Morgan fingerprint density at radius 3 is 1.46 bits per heavy atom. The van der Waals surface area contributed by atoms with E-state index in [2.05, 4.69) is 31.7 Å². The van der Waals surface area contributed by atoms with Crippen molar-refractivity contribution in [1.29, 1.82) is 0 Å². The Hall–Kier alpha value is -2.54. The van der Waals surface area contributed by atoms with E-state index in [9.17, 15) is 0 Å². The molecule has 2 aromatic heterocycles. The third-order valence-corrected chi connectivity index (χ3v) is 3.96. The third kappa shape index (κ3) is 5.27. The van der Waals surface area contributed by atoms with Crippen LogP contribution in [0, 0.1) is 0 Å². The van der Waals surface area contributed by atoms with Gasteiger partial charge in [0.15, 0.2) is 0 Å². The first kappa shape index (κ1) is 17.8. The van der Waals surface area contributed by atoms with Crippen molar-refractivity contribution in [2.45, 2.75) is 0 Å². The number of anilines is 4. The van der Waals surface area contributed by atoms with Gasteiger partial charge in [-0.25, -0.2) is 9.97 Å². The summed E-state index contributed by atoms with van der Waals surface area (Å²) in [5, 5.41) is 0. The van der Waals surface area contributed by atoms with Crippen LogP contribution in [0.5, 0.6) is 0 Å². The lowest BCUT2D eigenvalue weighted by molar-refractivity contribution is 0.348. The van der Waals surface area contributed by atoms with Crippen molar-refractivity contribution >= 4 is 23.0 Å². The van der Waals surface area contributed by atoms with Gasteiger partial charge in [0, 0.05) is 40.3 Å². The second kappa shape index (κ2) is 8.35. The maximum atomic E-state index is 5.67. The zero-order valence-electron chi connectivity index (χ0n) is 14.7. The number of hydrogen-bond acceptors (Lipinski definition) is 7. The molecule has 2 heterocycles. The number of aromatic nitrogens is 2. The van der Waals surface area contributed by atoms with Gasteiger partial charge in [0.05, 0.1) is 23.8 Å². The smallest absolute Gasteiger partial charge is 0.128 e. The molecule has 0 bridgehead atoms. The van der Waals surface area contributed by atoms with Gasteiger partial charge in [0.25, 0.3) is 0 Å². The van der Waals surface area contributed by atoms with Crippen molar-refractivity contribution in [1.82, 2.24) is 14.9 Å². The second-order valence-electron chi connectivity index (χ2n) is 6.05. The summed E-state index contributed by atoms with van der Waals surface area (Å²) in [5.41, 5.74) is 12.7. The van der Waals surface area contributed by atoms with E-state index in [0.29, 0.717) is 11.4 Å². The molecular formula is C17H27N7. The minimum atomic E-state index is 0.684. The van der Waals surface area contributed by atoms with Gasteiger partial charge in [-0.2, -0.15) is 0 Å². The number of rotatable bonds is 8. The van der Waals surface area contributed by atoms with Gasteiger partial charge in [-0.3, -0.25) is 0 Å². The number of nitrogen functional groups attached to an aromatic ring is 2. The number of hydrogen-bond donors (Lipinski definition) is 2. The topological polar surface area (TPSA) is 87.5 Å². The molecule has 0 saturated carbocycles. The summed E-state index contributed by atoms with van der Waals surface area (Å²) in [6, 6.07) is 7.63. The SMILES string of the molecule is CN(CCN(C)c1ccc(N)cn1)CCN(C)c1ccc(N)cn1. The first-order valence-electron chi connectivity index (χ1n) is 7.99. The largest absolute Gasteiger partial charge is 0.397 e. The summed E-state index contributed by atoms with van der Waals surface area (Å²) in [6.45, 7) is 3.70. The zero-order chi connectivity index (χ0) is 17.5. The average Bonchev–Trinajstić information content (AvgIpc) is 2.58. The molecule has 0 atom stereocenters. The fourth-order valence-corrected chi connectivity index (χ4v) is 2.23. The van der Waals surface area contributed by atoms with E-state index >= 15 is 0 Å². The van der Waals surface area contributed by atoms with Crippen molar-refractivity contribution in [2.24, 2.45) is 0 Å². The molecule has 0 radical (unpaired) electrons. The van der Waals surface area contributed by atoms with Gasteiger partial charge in [-0.05, 0) is 31.3 Å². The van der Waals surface area contributed by atoms with Gasteiger partial charge < -0.3 is 26.2 Å². The van der Waals surface area contributed by atoms with Crippen LogP contribution in [0.4, 0.5) is 23.0 Å². The molecule has 0 saturated heterocycles. The minimum absolute atomic E-state index is 0.684. The molecule has 0 spiro atoms. The van der Waals surface area contributed by atoms with Crippen molar-refractivity contribution in [3.63, 3.8) is 0 Å². The summed E-state index contributed by atoms with van der Waals surface area (Å²) < 4.78 is 0. The van der Waals surface area contributed by atoms with E-state index in [1.54, 1.807) is 12.4 Å². The van der Waals surface area contributed by atoms with Gasteiger partial charge in [0.2, 0.25) is 0 Å². The third-order valence-electron chi connectivity index (χ3n) is 3.96. The first-order valence-corrected chi connectivity index (χ1v) is 7.99. The Labute approximate surface area is 143 Å². The molecular weight excluding hydrogens is 302 g/mol. The van der Waals surface area contributed by atoms with E-state index in [1.807, 2.05) is 38.4 Å². The maximum absolute atomic E-state index is 5.67. The van der Waals surface area contributed by atoms with Gasteiger partial charge in [0.1, 0.15) is 11.6 Å². The minimum Gasteiger partial charge on any atom is -0.397 e. The molecule has 0 fully saturated rings. The van der Waals surface area contributed by atoms with Crippen LogP contribution in [-0.4, -0.2) is 62.2 Å². The Balaban J connectivity index is 1.73. The summed E-state index contributed by atoms with van der Waals surface area (Å²) in [6.07, 6.45) is 3.37. The first-order chi connectivity index (χ1) is 11.5. The van der Waals surface area contributed by atoms with Crippen LogP contribution >= 0.6 is 0 Å². The molecule has 0 aromatic carbocycles. The molecule has 7 nitrogen and oxygen atoms in total. The lowest BCUT2D eigenvalue weighted by atomic mass is 10.3. The lowest BCUT2D eigenvalue weighted by Crippen LogP contribution is -2.36. The number of likely N-dealkylation sites (N-methyl/N-ethyl adjacent to an activating group) is 3. The molecule has 0 unspecified atom stereocenters. The van der Waals surface area contributed by atoms with Crippen LogP contribution in [0.2, 0.25) is 0 Å². The van der Waals surface area contributed by atoms with Crippen molar-refractivity contribution in [2.75, 3.05) is 68.6 Å². The summed E-state index contributed by atoms with van der Waals surface area (Å²) in [4.78, 5) is 15.2. The van der Waals surface area contributed by atoms with Crippen LogP contribution in [0.3, 0.4) is 0 Å². The monoisotopic (exact) mass is 329 g/mol. The highest BCUT2D eigenvalue weighted by molar-refractivity contribution is 5.46. The Bertz CT molecular complexity index is 556. The summed E-state index contributed by atoms with van der Waals surface area (Å²) >= 11 is 0. The van der Waals surface area contributed by atoms with Gasteiger partial charge in [-0.1, -0.05) is 0 Å². The Kier molecular flexibility index (Phi) is 6.20. The molecule has 0 aliphatic heterocycles. The highest BCUT2D eigenvalue weighted by Gasteiger charge is 2.07. The molecule has 7 heteroatoms. The zero-order valence-corrected chi connectivity index (χ0v) is 14.7. The van der Waals surface area contributed by atoms with Crippen LogP contribution in [0.15, 0.2) is 36.7 Å². The lowest BCUT2D eigenvalue weighted by Gasteiger charge is -2.25. The van der Waals surface area contributed by atoms with Gasteiger partial charge >= 0.3 is 0 Å². The molecule has 4 N–H and O–H groups in total. The standard InChI is InChI=1S/C17H27N7/c1-22(8-10-23(2)16-6-4-14(18)12-20-16)9-11-24(3)17-7-5-15(19)13-21-17/h4-7,12-13H,8-11,18-19H2,1-3H3. The molecule has 130 valence electrons. The fourth-order valence-electron chi connectivity index (χ4n) is 2.23. The highest BCUT2D eigenvalue weighted by atomic mass is 15.2. The fraction of sp³-hybridized carbons (Fsp3) is 0.412. The van der Waals surface area contributed by atoms with E-state index in [4.69, 9.17) is 11.5 Å². The number of pyridine rings is 2. The molecule has 0 aliphatic rings. The van der Waals surface area contributed by atoms with E-state index in [1.165, 1.54) is 0 Å². The van der Waals surface area contributed by atoms with E-state index < -0.39 is 0 Å². The molecule has 0 aliphatic carbocycles. The predicted octanol–water partition coefficient (Wildman–Crippen LogP) is 1.15. The van der Waals surface area contributed by atoms with Crippen molar-refractivity contribution in [3.05, 3.63) is 36.7 Å². The van der Waals surface area contributed by atoms with Crippen molar-refractivity contribution < 1.29 is 0 Å². The van der Waals surface area contributed by atoms with E-state index in [0.717, 1.165) is 37.8 Å². The van der Waals surface area contributed by atoms with Crippen LogP contribution in [0.25, 0.3) is 0 Å². The molecule has 2 rings (SSSR count). The average molecular weight is 329 g/mol. The second-order valence-corrected chi connectivity index (χ2v) is 6.05. The van der Waals surface area contributed by atoms with Gasteiger partial charge in [-0.15, -0.1) is 0 Å². The molecule has 0 amide bonds. The van der Waals surface area contributed by atoms with Crippen LogP contribution in [-0.2, 0) is 0 Å². The number of nitrogens with zero attached hydrogens (tertiary/aromatic N) is 5. The van der Waals surface area contributed by atoms with E-state index in [-0.39, 0.29) is 0 Å². The normalized spacial score (nSPS) is 10.8.